The van der Waals surface area contributed by atoms with Crippen molar-refractivity contribution in [1.29, 1.82) is 0 Å². The monoisotopic (exact) mass is 396 g/mol. The number of benzene rings is 2. The van der Waals surface area contributed by atoms with Crippen LogP contribution in [0.15, 0.2) is 66.9 Å². The van der Waals surface area contributed by atoms with E-state index in [4.69, 9.17) is 5.73 Å². The number of amides is 1. The van der Waals surface area contributed by atoms with Gasteiger partial charge >= 0.3 is 0 Å². The molecule has 2 heterocycles. The zero-order chi connectivity index (χ0) is 18.8. The molecular weight excluding hydrogens is 379 g/mol. The van der Waals surface area contributed by atoms with Gasteiger partial charge in [-0.2, -0.15) is 0 Å². The van der Waals surface area contributed by atoms with E-state index in [-0.39, 0.29) is 24.1 Å². The van der Waals surface area contributed by atoms with Crippen LogP contribution >= 0.6 is 12.4 Å². The van der Waals surface area contributed by atoms with Crippen molar-refractivity contribution in [2.24, 2.45) is 0 Å². The van der Waals surface area contributed by atoms with Gasteiger partial charge in [0.15, 0.2) is 0 Å². The maximum atomic E-state index is 13.1. The van der Waals surface area contributed by atoms with Crippen molar-refractivity contribution >= 4 is 34.9 Å². The lowest BCUT2D eigenvalue weighted by Crippen LogP contribution is -2.23. The summed E-state index contributed by atoms with van der Waals surface area (Å²) >= 11 is 0. The molecule has 0 saturated heterocycles. The SMILES string of the molecule is Cl.Nc1ccnc(CNC(=O)c2cc3ccc(-c4ccc(F)cc4)cc3[nH]2)c1. The fourth-order valence-electron chi connectivity index (χ4n) is 2.93. The van der Waals surface area contributed by atoms with Crippen LogP contribution in [-0.2, 0) is 6.54 Å². The van der Waals surface area contributed by atoms with Crippen molar-refractivity contribution in [3.05, 3.63) is 84.1 Å². The van der Waals surface area contributed by atoms with Gasteiger partial charge < -0.3 is 16.0 Å². The van der Waals surface area contributed by atoms with Crippen LogP contribution in [0.2, 0.25) is 0 Å². The van der Waals surface area contributed by atoms with E-state index in [0.717, 1.165) is 22.0 Å². The summed E-state index contributed by atoms with van der Waals surface area (Å²) in [6.07, 6.45) is 1.61. The Morgan fingerprint density at radius 2 is 1.79 bits per heavy atom. The van der Waals surface area contributed by atoms with E-state index in [1.54, 1.807) is 36.5 Å². The van der Waals surface area contributed by atoms with Gasteiger partial charge in [0.1, 0.15) is 11.5 Å². The Kier molecular flexibility index (Phi) is 5.61. The molecule has 2 aromatic heterocycles. The number of nitrogens with zero attached hydrogens (tertiary/aromatic N) is 1. The number of pyridine rings is 1. The fraction of sp³-hybridized carbons (Fsp3) is 0.0476. The zero-order valence-corrected chi connectivity index (χ0v) is 15.6. The highest BCUT2D eigenvalue weighted by Gasteiger charge is 2.10. The van der Waals surface area contributed by atoms with Crippen LogP contribution in [0.4, 0.5) is 10.1 Å². The highest BCUT2D eigenvalue weighted by molar-refractivity contribution is 5.98. The number of carbonyl (C=O) groups is 1. The highest BCUT2D eigenvalue weighted by atomic mass is 35.5. The molecule has 2 aromatic carbocycles. The molecule has 0 spiro atoms. The zero-order valence-electron chi connectivity index (χ0n) is 14.8. The summed E-state index contributed by atoms with van der Waals surface area (Å²) in [6, 6.07) is 17.3. The number of hydrogen-bond acceptors (Lipinski definition) is 3. The van der Waals surface area contributed by atoms with Crippen LogP contribution in [0, 0.1) is 5.82 Å². The summed E-state index contributed by atoms with van der Waals surface area (Å²) in [5, 5.41) is 3.75. The summed E-state index contributed by atoms with van der Waals surface area (Å²) in [5.41, 5.74) is 10.2. The van der Waals surface area contributed by atoms with Gasteiger partial charge in [0.2, 0.25) is 0 Å². The first-order chi connectivity index (χ1) is 13.1. The summed E-state index contributed by atoms with van der Waals surface area (Å²) in [6.45, 7) is 0.292. The average molecular weight is 397 g/mol. The van der Waals surface area contributed by atoms with Gasteiger partial charge in [-0.3, -0.25) is 9.78 Å². The van der Waals surface area contributed by atoms with Crippen molar-refractivity contribution in [3.63, 3.8) is 0 Å². The van der Waals surface area contributed by atoms with Crippen molar-refractivity contribution in [3.8, 4) is 11.1 Å². The first-order valence-corrected chi connectivity index (χ1v) is 8.46. The van der Waals surface area contributed by atoms with Gasteiger partial charge in [0.25, 0.3) is 5.91 Å². The van der Waals surface area contributed by atoms with Gasteiger partial charge in [-0.05, 0) is 47.5 Å². The van der Waals surface area contributed by atoms with Crippen LogP contribution in [0.25, 0.3) is 22.0 Å². The first kappa shape index (κ1) is 19.4. The topological polar surface area (TPSA) is 83.8 Å². The third-order valence-corrected chi connectivity index (χ3v) is 4.32. The van der Waals surface area contributed by atoms with E-state index >= 15 is 0 Å². The second-order valence-corrected chi connectivity index (χ2v) is 6.26. The molecule has 0 unspecified atom stereocenters. The molecule has 0 radical (unpaired) electrons. The Bertz CT molecular complexity index is 1120. The van der Waals surface area contributed by atoms with Gasteiger partial charge in [0.05, 0.1) is 12.2 Å². The fourth-order valence-corrected chi connectivity index (χ4v) is 2.93. The van der Waals surface area contributed by atoms with Crippen molar-refractivity contribution < 1.29 is 9.18 Å². The third-order valence-electron chi connectivity index (χ3n) is 4.32. The van der Waals surface area contributed by atoms with E-state index in [1.165, 1.54) is 12.1 Å². The molecule has 0 fully saturated rings. The number of aromatic nitrogens is 2. The Morgan fingerprint density at radius 1 is 1.04 bits per heavy atom. The lowest BCUT2D eigenvalue weighted by Gasteiger charge is -2.04. The number of nitrogens with two attached hydrogens (primary N) is 1. The Morgan fingerprint density at radius 3 is 2.54 bits per heavy atom. The van der Waals surface area contributed by atoms with Crippen molar-refractivity contribution in [2.45, 2.75) is 6.54 Å². The van der Waals surface area contributed by atoms with E-state index in [1.807, 2.05) is 18.2 Å². The molecule has 28 heavy (non-hydrogen) atoms. The van der Waals surface area contributed by atoms with Crippen LogP contribution in [0.1, 0.15) is 16.2 Å². The molecule has 142 valence electrons. The normalized spacial score (nSPS) is 10.5. The van der Waals surface area contributed by atoms with E-state index in [2.05, 4.69) is 15.3 Å². The Hall–Kier alpha value is -3.38. The second kappa shape index (κ2) is 8.10. The smallest absolute Gasteiger partial charge is 0.268 e. The van der Waals surface area contributed by atoms with Crippen LogP contribution in [-0.4, -0.2) is 15.9 Å². The number of halogens is 2. The Balaban J connectivity index is 0.00000225. The lowest BCUT2D eigenvalue weighted by molar-refractivity contribution is 0.0946. The maximum Gasteiger partial charge on any atom is 0.268 e. The minimum absolute atomic E-state index is 0. The average Bonchev–Trinajstić information content (AvgIpc) is 3.10. The summed E-state index contributed by atoms with van der Waals surface area (Å²) in [4.78, 5) is 19.7. The molecule has 4 aromatic rings. The molecule has 0 atom stereocenters. The minimum atomic E-state index is -0.270. The number of carbonyl (C=O) groups excluding carboxylic acids is 1. The van der Waals surface area contributed by atoms with Gasteiger partial charge in [-0.25, -0.2) is 4.39 Å². The number of hydrogen-bond donors (Lipinski definition) is 3. The third kappa shape index (κ3) is 4.13. The van der Waals surface area contributed by atoms with Gasteiger partial charge in [-0.1, -0.05) is 24.3 Å². The van der Waals surface area contributed by atoms with Crippen LogP contribution in [0.5, 0.6) is 0 Å². The molecule has 1 amide bonds. The van der Waals surface area contributed by atoms with Crippen LogP contribution in [0.3, 0.4) is 0 Å². The first-order valence-electron chi connectivity index (χ1n) is 8.46. The largest absolute Gasteiger partial charge is 0.399 e. The standard InChI is InChI=1S/C21H17FN4O.ClH/c22-16-5-3-13(4-6-16)14-1-2-15-10-20(26-19(15)9-14)21(27)25-12-18-11-17(23)7-8-24-18;/h1-11,26H,12H2,(H2,23,24)(H,25,27);1H. The number of nitrogens with one attached hydrogen (secondary N) is 2. The molecular formula is C21H18ClFN4O. The molecule has 0 bridgehead atoms. The number of H-pyrrole nitrogens is 1. The van der Waals surface area contributed by atoms with E-state index in [9.17, 15) is 9.18 Å². The van der Waals surface area contributed by atoms with Crippen molar-refractivity contribution in [2.75, 3.05) is 5.73 Å². The molecule has 7 heteroatoms. The van der Waals surface area contributed by atoms with E-state index < -0.39 is 0 Å². The van der Waals surface area contributed by atoms with Crippen molar-refractivity contribution in [1.82, 2.24) is 15.3 Å². The summed E-state index contributed by atoms with van der Waals surface area (Å²) < 4.78 is 13.1. The quantitative estimate of drug-likeness (QED) is 0.480. The maximum absolute atomic E-state index is 13.1. The number of rotatable bonds is 4. The van der Waals surface area contributed by atoms with Crippen LogP contribution < -0.4 is 11.1 Å². The molecule has 0 aliphatic heterocycles. The second-order valence-electron chi connectivity index (χ2n) is 6.26. The number of fused-ring (bicyclic) bond motifs is 1. The molecule has 5 nitrogen and oxygen atoms in total. The molecule has 4 rings (SSSR count). The lowest BCUT2D eigenvalue weighted by atomic mass is 10.0. The highest BCUT2D eigenvalue weighted by Crippen LogP contribution is 2.25. The molecule has 4 N–H and O–H groups in total. The van der Waals surface area contributed by atoms with Gasteiger partial charge in [0, 0.05) is 22.8 Å². The van der Waals surface area contributed by atoms with Gasteiger partial charge in [-0.15, -0.1) is 12.4 Å². The summed E-state index contributed by atoms with van der Waals surface area (Å²) in [5.74, 6) is -0.493. The Labute approximate surface area is 167 Å². The number of anilines is 1. The number of aromatic amines is 1. The predicted octanol–water partition coefficient (Wildman–Crippen LogP) is 4.30. The molecule has 0 aliphatic carbocycles. The minimum Gasteiger partial charge on any atom is -0.399 e. The molecule has 0 saturated carbocycles. The molecule has 0 aliphatic rings. The van der Waals surface area contributed by atoms with E-state index in [0.29, 0.717) is 23.6 Å². The summed E-state index contributed by atoms with van der Waals surface area (Å²) in [7, 11) is 0. The predicted molar refractivity (Wildman–Crippen MR) is 111 cm³/mol. The number of nitrogen functional groups attached to an aromatic ring is 1.